The summed E-state index contributed by atoms with van der Waals surface area (Å²) in [7, 11) is 0. The highest BCUT2D eigenvalue weighted by Crippen LogP contribution is 2.14. The van der Waals surface area contributed by atoms with Crippen LogP contribution in [0.5, 0.6) is 0 Å². The zero-order valence-electron chi connectivity index (χ0n) is 7.13. The molecule has 0 spiro atoms. The molecular weight excluding hydrogens is 184 g/mol. The summed E-state index contributed by atoms with van der Waals surface area (Å²) in [5.74, 6) is 0.941. The van der Waals surface area contributed by atoms with Crippen LogP contribution in [-0.2, 0) is 0 Å². The highest BCUT2D eigenvalue weighted by atomic mass is 32.2. The van der Waals surface area contributed by atoms with Crippen molar-refractivity contribution >= 4 is 11.8 Å². The van der Waals surface area contributed by atoms with Gasteiger partial charge in [0.25, 0.3) is 0 Å². The minimum atomic E-state index is 0.566. The highest BCUT2D eigenvalue weighted by molar-refractivity contribution is 7.99. The lowest BCUT2D eigenvalue weighted by atomic mass is 10.5. The Morgan fingerprint density at radius 2 is 2.46 bits per heavy atom. The summed E-state index contributed by atoms with van der Waals surface area (Å²) in [6, 6.07) is 5.82. The highest BCUT2D eigenvalue weighted by Gasteiger charge is 1.92. The SMILES string of the molecule is [N-]=[N+]=NCCCSc1ccccn1. The van der Waals surface area contributed by atoms with Gasteiger partial charge in [0.05, 0.1) is 5.03 Å². The van der Waals surface area contributed by atoms with Gasteiger partial charge in [-0.2, -0.15) is 0 Å². The first-order chi connectivity index (χ1) is 6.43. The molecule has 4 nitrogen and oxygen atoms in total. The Bertz CT molecular complexity index is 281. The molecule has 0 aromatic carbocycles. The number of azide groups is 1. The van der Waals surface area contributed by atoms with Crippen LogP contribution in [0.2, 0.25) is 0 Å². The van der Waals surface area contributed by atoms with E-state index in [1.807, 2.05) is 18.2 Å². The van der Waals surface area contributed by atoms with E-state index in [2.05, 4.69) is 15.0 Å². The van der Waals surface area contributed by atoms with Crippen LogP contribution in [0.3, 0.4) is 0 Å². The molecule has 0 fully saturated rings. The van der Waals surface area contributed by atoms with E-state index in [-0.39, 0.29) is 0 Å². The van der Waals surface area contributed by atoms with Crippen LogP contribution in [0.25, 0.3) is 10.4 Å². The number of rotatable bonds is 5. The summed E-state index contributed by atoms with van der Waals surface area (Å²) in [6.07, 6.45) is 2.67. The maximum atomic E-state index is 8.02. The van der Waals surface area contributed by atoms with Gasteiger partial charge in [0.1, 0.15) is 0 Å². The zero-order valence-corrected chi connectivity index (χ0v) is 7.94. The molecule has 5 heteroatoms. The summed E-state index contributed by atoms with van der Waals surface area (Å²) < 4.78 is 0. The lowest BCUT2D eigenvalue weighted by Gasteiger charge is -1.97. The summed E-state index contributed by atoms with van der Waals surface area (Å²) >= 11 is 1.68. The molecule has 0 unspecified atom stereocenters. The topological polar surface area (TPSA) is 61.7 Å². The third-order valence-corrected chi connectivity index (χ3v) is 2.38. The normalized spacial score (nSPS) is 9.23. The van der Waals surface area contributed by atoms with Crippen molar-refractivity contribution < 1.29 is 0 Å². The quantitative estimate of drug-likeness (QED) is 0.238. The predicted octanol–water partition coefficient (Wildman–Crippen LogP) is 2.87. The molecule has 0 saturated heterocycles. The first-order valence-corrected chi connectivity index (χ1v) is 4.97. The lowest BCUT2D eigenvalue weighted by molar-refractivity contribution is 0.930. The van der Waals surface area contributed by atoms with Gasteiger partial charge in [0.2, 0.25) is 0 Å². The van der Waals surface area contributed by atoms with Crippen LogP contribution in [0.15, 0.2) is 34.5 Å². The molecule has 1 aromatic rings. The van der Waals surface area contributed by atoms with Crippen molar-refractivity contribution in [2.45, 2.75) is 11.4 Å². The molecule has 0 radical (unpaired) electrons. The second kappa shape index (κ2) is 6.34. The maximum absolute atomic E-state index is 8.02. The largest absolute Gasteiger partial charge is 0.250 e. The molecule has 0 amide bonds. The van der Waals surface area contributed by atoms with Crippen molar-refractivity contribution in [3.63, 3.8) is 0 Å². The standard InChI is InChI=1S/C8H10N4S/c9-12-11-6-3-7-13-8-4-1-2-5-10-8/h1-2,4-5H,3,6-7H2. The van der Waals surface area contributed by atoms with E-state index in [1.165, 1.54) is 0 Å². The Hall–Kier alpha value is -1.19. The molecule has 1 aromatic heterocycles. The second-order valence-electron chi connectivity index (χ2n) is 2.32. The van der Waals surface area contributed by atoms with E-state index in [0.717, 1.165) is 17.2 Å². The van der Waals surface area contributed by atoms with E-state index in [9.17, 15) is 0 Å². The number of nitrogens with zero attached hydrogens (tertiary/aromatic N) is 4. The number of thioether (sulfide) groups is 1. The van der Waals surface area contributed by atoms with Crippen LogP contribution in [0.4, 0.5) is 0 Å². The average Bonchev–Trinajstić information content (AvgIpc) is 2.19. The van der Waals surface area contributed by atoms with Crippen molar-refractivity contribution in [1.82, 2.24) is 4.98 Å². The molecule has 68 valence electrons. The molecule has 0 saturated carbocycles. The summed E-state index contributed by atoms with van der Waals surface area (Å²) in [5, 5.41) is 4.47. The van der Waals surface area contributed by atoms with E-state index >= 15 is 0 Å². The molecular formula is C8H10N4S. The Labute approximate surface area is 81.0 Å². The molecule has 0 aliphatic heterocycles. The van der Waals surface area contributed by atoms with Gasteiger partial charge in [-0.1, -0.05) is 11.2 Å². The van der Waals surface area contributed by atoms with Gasteiger partial charge in [0.15, 0.2) is 0 Å². The molecule has 1 rings (SSSR count). The second-order valence-corrected chi connectivity index (χ2v) is 3.44. The van der Waals surface area contributed by atoms with Crippen molar-refractivity contribution in [3.05, 3.63) is 34.8 Å². The van der Waals surface area contributed by atoms with Gasteiger partial charge >= 0.3 is 0 Å². The third-order valence-electron chi connectivity index (χ3n) is 1.35. The predicted molar refractivity (Wildman–Crippen MR) is 53.6 cm³/mol. The monoisotopic (exact) mass is 194 g/mol. The maximum Gasteiger partial charge on any atom is 0.0959 e. The summed E-state index contributed by atoms with van der Waals surface area (Å²) in [6.45, 7) is 0.566. The van der Waals surface area contributed by atoms with Crippen molar-refractivity contribution in [3.8, 4) is 0 Å². The van der Waals surface area contributed by atoms with E-state index in [1.54, 1.807) is 18.0 Å². The van der Waals surface area contributed by atoms with E-state index in [0.29, 0.717) is 6.54 Å². The fourth-order valence-corrected chi connectivity index (χ4v) is 1.58. The van der Waals surface area contributed by atoms with Crippen LogP contribution >= 0.6 is 11.8 Å². The number of hydrogen-bond acceptors (Lipinski definition) is 3. The lowest BCUT2D eigenvalue weighted by Crippen LogP contribution is -1.84. The van der Waals surface area contributed by atoms with Crippen LogP contribution in [0.1, 0.15) is 6.42 Å². The first-order valence-electron chi connectivity index (χ1n) is 3.98. The average molecular weight is 194 g/mol. The summed E-state index contributed by atoms with van der Waals surface area (Å²) in [5.41, 5.74) is 8.02. The minimum absolute atomic E-state index is 0.566. The Kier molecular flexibility index (Phi) is 4.83. The van der Waals surface area contributed by atoms with E-state index < -0.39 is 0 Å². The fourth-order valence-electron chi connectivity index (χ4n) is 0.789. The van der Waals surface area contributed by atoms with Crippen molar-refractivity contribution in [2.75, 3.05) is 12.3 Å². The first kappa shape index (κ1) is 9.89. The number of pyridine rings is 1. The van der Waals surface area contributed by atoms with Crippen LogP contribution < -0.4 is 0 Å². The van der Waals surface area contributed by atoms with Gasteiger partial charge < -0.3 is 0 Å². The van der Waals surface area contributed by atoms with Crippen LogP contribution in [-0.4, -0.2) is 17.3 Å². The molecule has 0 aliphatic carbocycles. The van der Waals surface area contributed by atoms with Crippen LogP contribution in [0, 0.1) is 0 Å². The fraction of sp³-hybridized carbons (Fsp3) is 0.375. The molecule has 0 bridgehead atoms. The number of hydrogen-bond donors (Lipinski definition) is 0. The Morgan fingerprint density at radius 1 is 1.54 bits per heavy atom. The molecule has 1 heterocycles. The smallest absolute Gasteiger partial charge is 0.0959 e. The Balaban J connectivity index is 2.17. The molecule has 13 heavy (non-hydrogen) atoms. The van der Waals surface area contributed by atoms with Crippen molar-refractivity contribution in [1.29, 1.82) is 0 Å². The molecule has 0 aliphatic rings. The van der Waals surface area contributed by atoms with Gasteiger partial charge in [0, 0.05) is 17.7 Å². The van der Waals surface area contributed by atoms with E-state index in [4.69, 9.17) is 5.53 Å². The van der Waals surface area contributed by atoms with Gasteiger partial charge in [-0.05, 0) is 29.8 Å². The molecule has 0 atom stereocenters. The van der Waals surface area contributed by atoms with Gasteiger partial charge in [-0.25, -0.2) is 4.98 Å². The number of aromatic nitrogens is 1. The Morgan fingerprint density at radius 3 is 3.15 bits per heavy atom. The van der Waals surface area contributed by atoms with Crippen molar-refractivity contribution in [2.24, 2.45) is 5.11 Å². The minimum Gasteiger partial charge on any atom is -0.250 e. The summed E-state index contributed by atoms with van der Waals surface area (Å²) in [4.78, 5) is 6.84. The van der Waals surface area contributed by atoms with Gasteiger partial charge in [-0.15, -0.1) is 11.8 Å². The zero-order chi connectivity index (χ0) is 9.36. The molecule has 0 N–H and O–H groups in total. The third kappa shape index (κ3) is 4.40. The van der Waals surface area contributed by atoms with Gasteiger partial charge in [-0.3, -0.25) is 0 Å².